The molecule has 0 aliphatic rings. The Morgan fingerprint density at radius 3 is 2.46 bits per heavy atom. The maximum Gasteiger partial charge on any atom is 0.435 e. The Balaban J connectivity index is 2.25. The average Bonchev–Trinajstić information content (AvgIpc) is 3.00. The number of nitrogens with zero attached hydrogens (tertiary/aromatic N) is 4. The van der Waals surface area contributed by atoms with E-state index in [9.17, 15) is 22.8 Å². The molecule has 24 heavy (non-hydrogen) atoms. The molecule has 0 saturated carbocycles. The van der Waals surface area contributed by atoms with E-state index in [1.807, 2.05) is 0 Å². The van der Waals surface area contributed by atoms with Gasteiger partial charge in [-0.05, 0) is 19.9 Å². The van der Waals surface area contributed by atoms with Gasteiger partial charge in [0.05, 0.1) is 5.69 Å². The van der Waals surface area contributed by atoms with E-state index in [0.717, 1.165) is 10.7 Å². The highest BCUT2D eigenvalue weighted by molar-refractivity contribution is 6.02. The lowest BCUT2D eigenvalue weighted by Crippen LogP contribution is -2.26. The molecule has 2 aromatic rings. The molecule has 1 atom stereocenters. The monoisotopic (exact) mass is 344 g/mol. The van der Waals surface area contributed by atoms with Crippen LogP contribution >= 0.6 is 0 Å². The first-order valence-corrected chi connectivity index (χ1v) is 6.78. The number of nitrogens with two attached hydrogens (primary N) is 1. The molecule has 0 unspecified atom stereocenters. The van der Waals surface area contributed by atoms with Crippen molar-refractivity contribution in [1.29, 1.82) is 0 Å². The van der Waals surface area contributed by atoms with E-state index in [2.05, 4.69) is 15.5 Å². The summed E-state index contributed by atoms with van der Waals surface area (Å²) in [5.74, 6) is -1.50. The third kappa shape index (κ3) is 3.39. The van der Waals surface area contributed by atoms with Crippen LogP contribution in [0.15, 0.2) is 12.3 Å². The van der Waals surface area contributed by atoms with Crippen molar-refractivity contribution in [2.75, 3.05) is 5.32 Å². The number of carbonyl (C=O) groups excluding carboxylic acids is 2. The Morgan fingerprint density at radius 1 is 1.33 bits per heavy atom. The number of halogens is 3. The summed E-state index contributed by atoms with van der Waals surface area (Å²) in [6, 6.07) is -0.190. The van der Waals surface area contributed by atoms with Crippen LogP contribution in [-0.4, -0.2) is 31.4 Å². The van der Waals surface area contributed by atoms with Gasteiger partial charge in [0, 0.05) is 18.9 Å². The maximum atomic E-state index is 12.7. The normalized spacial score (nSPS) is 12.9. The van der Waals surface area contributed by atoms with Gasteiger partial charge in [-0.25, -0.2) is 0 Å². The van der Waals surface area contributed by atoms with Crippen molar-refractivity contribution in [1.82, 2.24) is 19.6 Å². The quantitative estimate of drug-likeness (QED) is 0.870. The average molecular weight is 344 g/mol. The van der Waals surface area contributed by atoms with Gasteiger partial charge < -0.3 is 11.1 Å². The Morgan fingerprint density at radius 2 is 1.96 bits per heavy atom. The van der Waals surface area contributed by atoms with E-state index >= 15 is 0 Å². The second kappa shape index (κ2) is 5.98. The highest BCUT2D eigenvalue weighted by Crippen LogP contribution is 2.29. The first-order chi connectivity index (χ1) is 11.0. The molecule has 0 aliphatic carbocycles. The minimum atomic E-state index is -4.60. The smallest absolute Gasteiger partial charge is 0.364 e. The lowest BCUT2D eigenvalue weighted by atomic mass is 10.2. The first-order valence-electron chi connectivity index (χ1n) is 6.78. The molecule has 0 spiro atoms. The summed E-state index contributed by atoms with van der Waals surface area (Å²) in [4.78, 5) is 23.5. The number of hydrogen-bond donors (Lipinski definition) is 2. The minimum absolute atomic E-state index is 0.0719. The second-order valence-electron chi connectivity index (χ2n) is 5.21. The molecule has 0 radical (unpaired) electrons. The second-order valence-corrected chi connectivity index (χ2v) is 5.21. The number of aryl methyl sites for hydroxylation is 2. The van der Waals surface area contributed by atoms with E-state index in [0.29, 0.717) is 0 Å². The van der Waals surface area contributed by atoms with Crippen molar-refractivity contribution in [3.63, 3.8) is 0 Å². The fourth-order valence-corrected chi connectivity index (χ4v) is 2.13. The van der Waals surface area contributed by atoms with Crippen LogP contribution in [0.3, 0.4) is 0 Å². The lowest BCUT2D eigenvalue weighted by Gasteiger charge is -2.14. The van der Waals surface area contributed by atoms with Crippen molar-refractivity contribution in [2.24, 2.45) is 12.8 Å². The number of carbonyl (C=O) groups is 2. The van der Waals surface area contributed by atoms with Crippen LogP contribution in [0.25, 0.3) is 0 Å². The summed E-state index contributed by atoms with van der Waals surface area (Å²) in [7, 11) is 1.53. The third-order valence-electron chi connectivity index (χ3n) is 3.28. The first kappa shape index (κ1) is 17.5. The molecule has 0 fully saturated rings. The molecule has 2 heterocycles. The Labute approximate surface area is 134 Å². The number of rotatable bonds is 4. The summed E-state index contributed by atoms with van der Waals surface area (Å²) in [5, 5.41) is 9.65. The summed E-state index contributed by atoms with van der Waals surface area (Å²) >= 11 is 0. The summed E-state index contributed by atoms with van der Waals surface area (Å²) in [6.45, 7) is 2.79. The summed E-state index contributed by atoms with van der Waals surface area (Å²) in [5.41, 5.74) is 4.17. The number of anilines is 1. The van der Waals surface area contributed by atoms with Crippen molar-refractivity contribution in [3.05, 3.63) is 29.3 Å². The highest BCUT2D eigenvalue weighted by Gasteiger charge is 2.35. The van der Waals surface area contributed by atoms with Gasteiger partial charge in [-0.15, -0.1) is 0 Å². The number of amides is 2. The zero-order chi connectivity index (χ0) is 18.2. The lowest BCUT2D eigenvalue weighted by molar-refractivity contribution is -0.141. The predicted molar refractivity (Wildman–Crippen MR) is 77.0 cm³/mol. The van der Waals surface area contributed by atoms with Gasteiger partial charge in [0.2, 0.25) is 5.91 Å². The third-order valence-corrected chi connectivity index (χ3v) is 3.28. The fourth-order valence-electron chi connectivity index (χ4n) is 2.13. The topological polar surface area (TPSA) is 108 Å². The maximum absolute atomic E-state index is 12.7. The van der Waals surface area contributed by atoms with Crippen LogP contribution in [0.1, 0.15) is 34.8 Å². The van der Waals surface area contributed by atoms with Crippen LogP contribution in [0.5, 0.6) is 0 Å². The molecule has 2 amide bonds. The molecule has 0 aliphatic heterocycles. The van der Waals surface area contributed by atoms with E-state index < -0.39 is 29.7 Å². The molecule has 130 valence electrons. The number of hydrogen-bond acceptors (Lipinski definition) is 4. The molecule has 8 nitrogen and oxygen atoms in total. The number of nitrogens with one attached hydrogen (secondary N) is 1. The summed E-state index contributed by atoms with van der Waals surface area (Å²) in [6.07, 6.45) is -3.24. The van der Waals surface area contributed by atoms with E-state index in [1.54, 1.807) is 0 Å². The molecule has 0 saturated heterocycles. The highest BCUT2D eigenvalue weighted by atomic mass is 19.4. The molecule has 2 rings (SSSR count). The Hall–Kier alpha value is -2.85. The van der Waals surface area contributed by atoms with Gasteiger partial charge in [0.15, 0.2) is 11.4 Å². The molecule has 0 bridgehead atoms. The van der Waals surface area contributed by atoms with Crippen molar-refractivity contribution in [2.45, 2.75) is 26.1 Å². The van der Waals surface area contributed by atoms with Crippen LogP contribution in [0.2, 0.25) is 0 Å². The van der Waals surface area contributed by atoms with Crippen molar-refractivity contribution >= 4 is 17.5 Å². The van der Waals surface area contributed by atoms with Crippen molar-refractivity contribution < 1.29 is 22.8 Å². The largest absolute Gasteiger partial charge is 0.435 e. The van der Waals surface area contributed by atoms with Gasteiger partial charge in [0.1, 0.15) is 6.04 Å². The van der Waals surface area contributed by atoms with Crippen LogP contribution in [-0.2, 0) is 18.0 Å². The Bertz CT molecular complexity index is 792. The SMILES string of the molecule is Cc1cc(C(F)(F)F)nn1[C@H](C)C(=O)Nc1cn(C)nc1C(N)=O. The molecular formula is C13H15F3N6O2. The number of alkyl halides is 3. The molecule has 2 aromatic heterocycles. The van der Waals surface area contributed by atoms with Crippen LogP contribution in [0.4, 0.5) is 18.9 Å². The molecule has 0 aromatic carbocycles. The fraction of sp³-hybridized carbons (Fsp3) is 0.385. The van der Waals surface area contributed by atoms with Gasteiger partial charge >= 0.3 is 6.18 Å². The van der Waals surface area contributed by atoms with E-state index in [-0.39, 0.29) is 17.1 Å². The summed E-state index contributed by atoms with van der Waals surface area (Å²) < 4.78 is 40.3. The number of aromatic nitrogens is 4. The standard InChI is InChI=1S/C13H15F3N6O2/c1-6-4-9(13(14,15)16)19-22(6)7(2)12(24)18-8-5-21(3)20-10(8)11(17)23/h4-5,7H,1-3H3,(H2,17,23)(H,18,24)/t7-/m1/s1. The Kier molecular flexibility index (Phi) is 4.36. The predicted octanol–water partition coefficient (Wildman–Crippen LogP) is 1.24. The van der Waals surface area contributed by atoms with Gasteiger partial charge in [-0.1, -0.05) is 0 Å². The van der Waals surface area contributed by atoms with Gasteiger partial charge in [-0.3, -0.25) is 19.0 Å². The minimum Gasteiger partial charge on any atom is -0.364 e. The van der Waals surface area contributed by atoms with Crippen LogP contribution in [0, 0.1) is 6.92 Å². The van der Waals surface area contributed by atoms with E-state index in [4.69, 9.17) is 5.73 Å². The van der Waals surface area contributed by atoms with Gasteiger partial charge in [0.25, 0.3) is 5.91 Å². The van der Waals surface area contributed by atoms with E-state index in [1.165, 1.54) is 31.8 Å². The molecular weight excluding hydrogens is 329 g/mol. The molecule has 3 N–H and O–H groups in total. The number of primary amides is 1. The molecule has 11 heteroatoms. The zero-order valence-electron chi connectivity index (χ0n) is 13.0. The van der Waals surface area contributed by atoms with Crippen molar-refractivity contribution in [3.8, 4) is 0 Å². The zero-order valence-corrected chi connectivity index (χ0v) is 13.0. The van der Waals surface area contributed by atoms with Gasteiger partial charge in [-0.2, -0.15) is 23.4 Å². The van der Waals surface area contributed by atoms with Crippen LogP contribution < -0.4 is 11.1 Å².